The fourth-order valence-corrected chi connectivity index (χ4v) is 3.49. The monoisotopic (exact) mass is 328 g/mol. The number of hydrogen-bond acceptors (Lipinski definition) is 4. The van der Waals surface area contributed by atoms with E-state index >= 15 is 0 Å². The Labute approximate surface area is 142 Å². The average molecular weight is 328 g/mol. The molecule has 5 nitrogen and oxygen atoms in total. The van der Waals surface area contributed by atoms with Crippen molar-refractivity contribution in [2.75, 3.05) is 13.7 Å². The second kappa shape index (κ2) is 7.07. The number of carbonyl (C=O) groups is 1. The van der Waals surface area contributed by atoms with Gasteiger partial charge in [-0.2, -0.15) is 0 Å². The Morgan fingerprint density at radius 1 is 1.42 bits per heavy atom. The quantitative estimate of drug-likeness (QED) is 0.841. The lowest BCUT2D eigenvalue weighted by Crippen LogP contribution is -2.30. The van der Waals surface area contributed by atoms with Crippen LogP contribution < -0.4 is 4.74 Å². The van der Waals surface area contributed by atoms with Crippen molar-refractivity contribution in [3.63, 3.8) is 0 Å². The highest BCUT2D eigenvalue weighted by Crippen LogP contribution is 2.34. The van der Waals surface area contributed by atoms with Crippen molar-refractivity contribution in [1.29, 1.82) is 0 Å². The van der Waals surface area contributed by atoms with Crippen molar-refractivity contribution in [2.45, 2.75) is 45.6 Å². The molecule has 0 radical (unpaired) electrons. The lowest BCUT2D eigenvalue weighted by Gasteiger charge is -2.25. The largest absolute Gasteiger partial charge is 0.497 e. The van der Waals surface area contributed by atoms with Crippen LogP contribution in [0, 0.1) is 13.8 Å². The summed E-state index contributed by atoms with van der Waals surface area (Å²) in [5.74, 6) is 1.84. The molecular weight excluding hydrogens is 304 g/mol. The van der Waals surface area contributed by atoms with E-state index in [0.717, 1.165) is 47.7 Å². The van der Waals surface area contributed by atoms with Gasteiger partial charge in [-0.1, -0.05) is 17.3 Å². The molecule has 3 rings (SSSR count). The molecule has 0 bridgehead atoms. The molecule has 1 aliphatic rings. The van der Waals surface area contributed by atoms with Crippen molar-refractivity contribution in [1.82, 2.24) is 10.1 Å². The smallest absolute Gasteiger partial charge is 0.223 e. The van der Waals surface area contributed by atoms with E-state index in [1.807, 2.05) is 36.9 Å². The number of amides is 1. The van der Waals surface area contributed by atoms with Crippen molar-refractivity contribution in [3.05, 3.63) is 46.8 Å². The zero-order chi connectivity index (χ0) is 17.1. The minimum absolute atomic E-state index is 0.150. The van der Waals surface area contributed by atoms with E-state index in [1.165, 1.54) is 0 Å². The predicted octanol–water partition coefficient (Wildman–Crippen LogP) is 3.60. The summed E-state index contributed by atoms with van der Waals surface area (Å²) in [5, 5.41) is 3.96. The molecule has 5 heteroatoms. The molecule has 128 valence electrons. The maximum atomic E-state index is 12.7. The fourth-order valence-electron chi connectivity index (χ4n) is 3.49. The molecule has 2 heterocycles. The first-order valence-corrected chi connectivity index (χ1v) is 8.45. The molecule has 1 amide bonds. The Kier molecular flexibility index (Phi) is 4.88. The number of hydrogen-bond donors (Lipinski definition) is 0. The number of aromatic nitrogens is 1. The second-order valence-electron chi connectivity index (χ2n) is 6.32. The SMILES string of the molecule is COc1cccc(C2CCCN2C(=O)CCc2c(C)noc2C)c1. The number of aryl methyl sites for hydroxylation is 2. The van der Waals surface area contributed by atoms with Crippen molar-refractivity contribution in [3.8, 4) is 5.75 Å². The molecule has 1 saturated heterocycles. The van der Waals surface area contributed by atoms with Gasteiger partial charge in [0.15, 0.2) is 0 Å². The van der Waals surface area contributed by atoms with E-state index in [2.05, 4.69) is 11.2 Å². The third-order valence-corrected chi connectivity index (χ3v) is 4.82. The molecule has 0 spiro atoms. The topological polar surface area (TPSA) is 55.6 Å². The first-order valence-electron chi connectivity index (χ1n) is 8.45. The summed E-state index contributed by atoms with van der Waals surface area (Å²) in [6.45, 7) is 4.64. The van der Waals surface area contributed by atoms with Gasteiger partial charge in [-0.15, -0.1) is 0 Å². The van der Waals surface area contributed by atoms with Gasteiger partial charge in [-0.25, -0.2) is 0 Å². The van der Waals surface area contributed by atoms with Crippen LogP contribution in [0.15, 0.2) is 28.8 Å². The molecule has 1 atom stereocenters. The molecule has 0 N–H and O–H groups in total. The molecule has 24 heavy (non-hydrogen) atoms. The lowest BCUT2D eigenvalue weighted by molar-refractivity contribution is -0.132. The second-order valence-corrected chi connectivity index (χ2v) is 6.32. The zero-order valence-electron chi connectivity index (χ0n) is 14.5. The van der Waals surface area contributed by atoms with Crippen molar-refractivity contribution < 1.29 is 14.1 Å². The minimum atomic E-state index is 0.150. The van der Waals surface area contributed by atoms with Gasteiger partial charge in [0.2, 0.25) is 5.91 Å². The van der Waals surface area contributed by atoms with E-state index in [0.29, 0.717) is 12.8 Å². The Balaban J connectivity index is 1.69. The van der Waals surface area contributed by atoms with Crippen LogP contribution in [0.2, 0.25) is 0 Å². The first kappa shape index (κ1) is 16.6. The molecular formula is C19H24N2O3. The van der Waals surface area contributed by atoms with E-state index in [4.69, 9.17) is 9.26 Å². The number of ether oxygens (including phenoxy) is 1. The third-order valence-electron chi connectivity index (χ3n) is 4.82. The van der Waals surface area contributed by atoms with Crippen LogP contribution in [0.25, 0.3) is 0 Å². The molecule has 2 aromatic rings. The van der Waals surface area contributed by atoms with Crippen molar-refractivity contribution in [2.24, 2.45) is 0 Å². The highest BCUT2D eigenvalue weighted by atomic mass is 16.5. The number of nitrogens with zero attached hydrogens (tertiary/aromatic N) is 2. The Hall–Kier alpha value is -2.30. The third kappa shape index (κ3) is 3.30. The summed E-state index contributed by atoms with van der Waals surface area (Å²) in [4.78, 5) is 14.8. The summed E-state index contributed by atoms with van der Waals surface area (Å²) >= 11 is 0. The highest BCUT2D eigenvalue weighted by Gasteiger charge is 2.30. The van der Waals surface area contributed by atoms with Crippen LogP contribution in [-0.4, -0.2) is 29.6 Å². The number of benzene rings is 1. The van der Waals surface area contributed by atoms with Crippen LogP contribution in [-0.2, 0) is 11.2 Å². The lowest BCUT2D eigenvalue weighted by atomic mass is 10.0. The van der Waals surface area contributed by atoms with Crippen molar-refractivity contribution >= 4 is 5.91 Å². The van der Waals surface area contributed by atoms with Crippen LogP contribution >= 0.6 is 0 Å². The first-order chi connectivity index (χ1) is 11.6. The Morgan fingerprint density at radius 3 is 2.96 bits per heavy atom. The highest BCUT2D eigenvalue weighted by molar-refractivity contribution is 5.77. The van der Waals surface area contributed by atoms with Gasteiger partial charge < -0.3 is 14.2 Å². The van der Waals surface area contributed by atoms with Gasteiger partial charge in [0.05, 0.1) is 18.8 Å². The summed E-state index contributed by atoms with van der Waals surface area (Å²) in [5.41, 5.74) is 3.09. The minimum Gasteiger partial charge on any atom is -0.497 e. The van der Waals surface area contributed by atoms with Crippen LogP contribution in [0.4, 0.5) is 0 Å². The summed E-state index contributed by atoms with van der Waals surface area (Å²) in [6, 6.07) is 8.18. The summed E-state index contributed by atoms with van der Waals surface area (Å²) in [6.07, 6.45) is 3.22. The number of likely N-dealkylation sites (tertiary alicyclic amines) is 1. The summed E-state index contributed by atoms with van der Waals surface area (Å²) in [7, 11) is 1.67. The van der Waals surface area contributed by atoms with Crippen LogP contribution in [0.3, 0.4) is 0 Å². The molecule has 0 saturated carbocycles. The van der Waals surface area contributed by atoms with Gasteiger partial charge in [0, 0.05) is 18.5 Å². The van der Waals surface area contributed by atoms with Gasteiger partial charge >= 0.3 is 0 Å². The normalized spacial score (nSPS) is 17.3. The molecule has 1 unspecified atom stereocenters. The Bertz CT molecular complexity index is 704. The van der Waals surface area contributed by atoms with Crippen LogP contribution in [0.5, 0.6) is 5.75 Å². The molecule has 0 aliphatic carbocycles. The Morgan fingerprint density at radius 2 is 2.25 bits per heavy atom. The number of methoxy groups -OCH3 is 1. The van der Waals surface area contributed by atoms with E-state index < -0.39 is 0 Å². The van der Waals surface area contributed by atoms with E-state index in [9.17, 15) is 4.79 Å². The van der Waals surface area contributed by atoms with E-state index in [-0.39, 0.29) is 11.9 Å². The maximum Gasteiger partial charge on any atom is 0.223 e. The number of carbonyl (C=O) groups excluding carboxylic acids is 1. The maximum absolute atomic E-state index is 12.7. The molecule has 1 aromatic heterocycles. The fraction of sp³-hybridized carbons (Fsp3) is 0.474. The van der Waals surface area contributed by atoms with Gasteiger partial charge in [0.25, 0.3) is 0 Å². The standard InChI is InChI=1S/C19H24N2O3/c1-13-17(14(2)24-20-13)9-10-19(22)21-11-5-8-18(21)15-6-4-7-16(12-15)23-3/h4,6-7,12,18H,5,8-11H2,1-3H3. The molecule has 1 aliphatic heterocycles. The molecule has 1 aromatic carbocycles. The van der Waals surface area contributed by atoms with Gasteiger partial charge in [-0.05, 0) is 50.8 Å². The van der Waals surface area contributed by atoms with Gasteiger partial charge in [-0.3, -0.25) is 4.79 Å². The van der Waals surface area contributed by atoms with Gasteiger partial charge in [0.1, 0.15) is 11.5 Å². The molecule has 1 fully saturated rings. The average Bonchev–Trinajstić information content (AvgIpc) is 3.20. The van der Waals surface area contributed by atoms with Crippen LogP contribution in [0.1, 0.15) is 47.9 Å². The predicted molar refractivity (Wildman–Crippen MR) is 91.0 cm³/mol. The van der Waals surface area contributed by atoms with E-state index in [1.54, 1.807) is 7.11 Å². The summed E-state index contributed by atoms with van der Waals surface area (Å²) < 4.78 is 10.5. The number of rotatable bonds is 5. The zero-order valence-corrected chi connectivity index (χ0v) is 14.5.